The van der Waals surface area contributed by atoms with Crippen molar-refractivity contribution >= 4 is 0 Å². The van der Waals surface area contributed by atoms with E-state index in [1.165, 1.54) is 0 Å². The second kappa shape index (κ2) is 4.05. The second-order valence-electron chi connectivity index (χ2n) is 2.08. The molecule has 1 aromatic heterocycles. The maximum absolute atomic E-state index is 5.19. The first-order valence-corrected chi connectivity index (χ1v) is 3.32. The molecule has 0 radical (unpaired) electrons. The predicted molar refractivity (Wildman–Crippen MR) is 37.6 cm³/mol. The summed E-state index contributed by atoms with van der Waals surface area (Å²) in [4.78, 5) is 0. The van der Waals surface area contributed by atoms with Crippen LogP contribution in [0, 0.1) is 0 Å². The Morgan fingerprint density at radius 2 is 2.55 bits per heavy atom. The van der Waals surface area contributed by atoms with Crippen molar-refractivity contribution in [2.45, 2.75) is 19.8 Å². The fourth-order valence-corrected chi connectivity index (χ4v) is 0.566. The van der Waals surface area contributed by atoms with E-state index in [4.69, 9.17) is 9.47 Å². The number of ether oxygens (including phenoxy) is 2. The molecule has 11 heavy (non-hydrogen) atoms. The summed E-state index contributed by atoms with van der Waals surface area (Å²) in [5.41, 5.74) is 0.772. The molecule has 0 saturated carbocycles. The summed E-state index contributed by atoms with van der Waals surface area (Å²) in [6, 6.07) is 0. The van der Waals surface area contributed by atoms with Gasteiger partial charge in [0.2, 0.25) is 0 Å². The molecule has 1 N–H and O–H groups in total. The number of nitrogens with one attached hydrogen (secondary N) is 1. The van der Waals surface area contributed by atoms with E-state index in [-0.39, 0.29) is 6.29 Å². The quantitative estimate of drug-likeness (QED) is 0.639. The van der Waals surface area contributed by atoms with Gasteiger partial charge in [0.25, 0.3) is 0 Å². The minimum absolute atomic E-state index is 0.202. The van der Waals surface area contributed by atoms with Crippen molar-refractivity contribution in [3.05, 3.63) is 11.9 Å². The lowest BCUT2D eigenvalue weighted by Crippen LogP contribution is -2.09. The lowest BCUT2D eigenvalue weighted by molar-refractivity contribution is -0.119. The van der Waals surface area contributed by atoms with E-state index in [0.717, 1.165) is 5.69 Å². The molecule has 1 heterocycles. The van der Waals surface area contributed by atoms with Gasteiger partial charge in [-0.15, -0.1) is 0 Å². The number of H-pyrrole nitrogens is 1. The van der Waals surface area contributed by atoms with Crippen LogP contribution >= 0.6 is 0 Å². The molecule has 0 aliphatic carbocycles. The molecule has 0 amide bonds. The summed E-state index contributed by atoms with van der Waals surface area (Å²) in [5, 5.41) is 9.93. The van der Waals surface area contributed by atoms with E-state index in [1.54, 1.807) is 13.3 Å². The van der Waals surface area contributed by atoms with Crippen molar-refractivity contribution in [2.75, 3.05) is 7.11 Å². The Balaban J connectivity index is 2.23. The molecule has 0 aliphatic heterocycles. The van der Waals surface area contributed by atoms with Crippen molar-refractivity contribution < 1.29 is 9.47 Å². The maximum atomic E-state index is 5.19. The van der Waals surface area contributed by atoms with Crippen molar-refractivity contribution in [2.24, 2.45) is 0 Å². The van der Waals surface area contributed by atoms with Gasteiger partial charge in [-0.25, -0.2) is 0 Å². The van der Waals surface area contributed by atoms with Gasteiger partial charge in [-0.05, 0) is 6.92 Å². The zero-order valence-electron chi connectivity index (χ0n) is 6.57. The Morgan fingerprint density at radius 3 is 3.09 bits per heavy atom. The Bertz CT molecular complexity index is 188. The average molecular weight is 157 g/mol. The number of hydrogen-bond donors (Lipinski definition) is 1. The number of nitrogens with zero attached hydrogens (tertiary/aromatic N) is 2. The molecule has 1 atom stereocenters. The first-order chi connectivity index (χ1) is 5.33. The van der Waals surface area contributed by atoms with Gasteiger partial charge in [0.05, 0.1) is 12.8 Å². The van der Waals surface area contributed by atoms with Crippen LogP contribution in [0.15, 0.2) is 6.20 Å². The Kier molecular flexibility index (Phi) is 3.00. The van der Waals surface area contributed by atoms with Gasteiger partial charge in [-0.2, -0.15) is 15.4 Å². The third-order valence-corrected chi connectivity index (χ3v) is 1.26. The number of rotatable bonds is 4. The van der Waals surface area contributed by atoms with Crippen LogP contribution in [0.25, 0.3) is 0 Å². The zero-order valence-corrected chi connectivity index (χ0v) is 6.57. The van der Waals surface area contributed by atoms with Crippen molar-refractivity contribution in [1.29, 1.82) is 0 Å². The van der Waals surface area contributed by atoms with Crippen LogP contribution in [0.4, 0.5) is 0 Å². The average Bonchev–Trinajstić information content (AvgIpc) is 2.52. The number of aromatic nitrogens is 3. The van der Waals surface area contributed by atoms with Crippen LogP contribution < -0.4 is 0 Å². The van der Waals surface area contributed by atoms with E-state index < -0.39 is 0 Å². The Morgan fingerprint density at radius 1 is 1.73 bits per heavy atom. The van der Waals surface area contributed by atoms with Gasteiger partial charge in [-0.1, -0.05) is 0 Å². The highest BCUT2D eigenvalue weighted by Crippen LogP contribution is 1.97. The van der Waals surface area contributed by atoms with Crippen LogP contribution in [0.2, 0.25) is 0 Å². The molecule has 1 rings (SSSR count). The van der Waals surface area contributed by atoms with Gasteiger partial charge in [-0.3, -0.25) is 0 Å². The third-order valence-electron chi connectivity index (χ3n) is 1.26. The normalized spacial score (nSPS) is 13.3. The van der Waals surface area contributed by atoms with Gasteiger partial charge < -0.3 is 9.47 Å². The minimum Gasteiger partial charge on any atom is -0.356 e. The molecule has 0 aromatic carbocycles. The van der Waals surface area contributed by atoms with Crippen molar-refractivity contribution in [1.82, 2.24) is 15.4 Å². The second-order valence-corrected chi connectivity index (χ2v) is 2.08. The van der Waals surface area contributed by atoms with Gasteiger partial charge in [0.15, 0.2) is 6.29 Å². The van der Waals surface area contributed by atoms with Crippen LogP contribution in [0.3, 0.4) is 0 Å². The number of methoxy groups -OCH3 is 1. The van der Waals surface area contributed by atoms with Crippen molar-refractivity contribution in [3.63, 3.8) is 0 Å². The standard InChI is InChI=1S/C6H11N3O2/c1-5(10-2)11-4-6-3-7-9-8-6/h3,5H,4H2,1-2H3,(H,7,8,9). The summed E-state index contributed by atoms with van der Waals surface area (Å²) in [6.07, 6.45) is 1.41. The smallest absolute Gasteiger partial charge is 0.154 e. The molecule has 0 bridgehead atoms. The Hall–Kier alpha value is -0.940. The Labute approximate surface area is 64.7 Å². The largest absolute Gasteiger partial charge is 0.356 e. The highest BCUT2D eigenvalue weighted by molar-refractivity contribution is 4.86. The fraction of sp³-hybridized carbons (Fsp3) is 0.667. The molecule has 1 aromatic rings. The lowest BCUT2D eigenvalue weighted by atomic mass is 10.5. The summed E-state index contributed by atoms with van der Waals surface area (Å²) >= 11 is 0. The first-order valence-electron chi connectivity index (χ1n) is 3.32. The molecule has 0 fully saturated rings. The molecule has 5 nitrogen and oxygen atoms in total. The molecular formula is C6H11N3O2. The predicted octanol–water partition coefficient (Wildman–Crippen LogP) is 0.314. The minimum atomic E-state index is -0.202. The van der Waals surface area contributed by atoms with E-state index in [2.05, 4.69) is 15.4 Å². The molecule has 62 valence electrons. The number of aromatic amines is 1. The van der Waals surface area contributed by atoms with Crippen LogP contribution in [-0.4, -0.2) is 28.8 Å². The van der Waals surface area contributed by atoms with Crippen molar-refractivity contribution in [3.8, 4) is 0 Å². The maximum Gasteiger partial charge on any atom is 0.154 e. The SMILES string of the molecule is COC(C)OCc1cn[nH]n1. The highest BCUT2D eigenvalue weighted by atomic mass is 16.7. The summed E-state index contributed by atoms with van der Waals surface area (Å²) in [5.74, 6) is 0. The monoisotopic (exact) mass is 157 g/mol. The molecular weight excluding hydrogens is 146 g/mol. The van der Waals surface area contributed by atoms with E-state index in [0.29, 0.717) is 6.61 Å². The summed E-state index contributed by atoms with van der Waals surface area (Å²) < 4.78 is 10.1. The summed E-state index contributed by atoms with van der Waals surface area (Å²) in [7, 11) is 1.59. The third kappa shape index (κ3) is 2.65. The lowest BCUT2D eigenvalue weighted by Gasteiger charge is -2.08. The van der Waals surface area contributed by atoms with Gasteiger partial charge in [0.1, 0.15) is 5.69 Å². The zero-order chi connectivity index (χ0) is 8.10. The molecule has 0 aliphatic rings. The highest BCUT2D eigenvalue weighted by Gasteiger charge is 2.00. The fourth-order valence-electron chi connectivity index (χ4n) is 0.566. The number of hydrogen-bond acceptors (Lipinski definition) is 4. The molecule has 0 spiro atoms. The molecule has 1 unspecified atom stereocenters. The molecule has 0 saturated heterocycles. The van der Waals surface area contributed by atoms with Crippen LogP contribution in [0.5, 0.6) is 0 Å². The molecule has 5 heteroatoms. The van der Waals surface area contributed by atoms with E-state index in [1.807, 2.05) is 6.92 Å². The van der Waals surface area contributed by atoms with Gasteiger partial charge in [0, 0.05) is 7.11 Å². The summed E-state index contributed by atoms with van der Waals surface area (Å²) in [6.45, 7) is 2.24. The van der Waals surface area contributed by atoms with Crippen LogP contribution in [-0.2, 0) is 16.1 Å². The topological polar surface area (TPSA) is 60.0 Å². The first kappa shape index (κ1) is 8.16. The van der Waals surface area contributed by atoms with Crippen LogP contribution in [0.1, 0.15) is 12.6 Å². The van der Waals surface area contributed by atoms with E-state index in [9.17, 15) is 0 Å². The van der Waals surface area contributed by atoms with Gasteiger partial charge >= 0.3 is 0 Å². The van der Waals surface area contributed by atoms with E-state index >= 15 is 0 Å².